The van der Waals surface area contributed by atoms with Gasteiger partial charge in [-0.1, -0.05) is 42.5 Å². The van der Waals surface area contributed by atoms with Crippen LogP contribution in [0.3, 0.4) is 0 Å². The first-order valence-corrected chi connectivity index (χ1v) is 10.1. The molecule has 0 aromatic heterocycles. The maximum atomic E-state index is 13.4. The van der Waals surface area contributed by atoms with Gasteiger partial charge < -0.3 is 9.64 Å². The van der Waals surface area contributed by atoms with Crippen LogP contribution in [-0.4, -0.2) is 59.9 Å². The quantitative estimate of drug-likeness (QED) is 0.583. The van der Waals surface area contributed by atoms with Crippen LogP contribution >= 0.6 is 0 Å². The number of imide groups is 1. The number of nitrogens with zero attached hydrogens (tertiary/aromatic N) is 2. The second kappa shape index (κ2) is 6.85. The highest BCUT2D eigenvalue weighted by Gasteiger charge is 2.61. The number of hydrogen-bond donors (Lipinski definition) is 0. The molecule has 3 fully saturated rings. The minimum absolute atomic E-state index is 0.144. The molecule has 5 rings (SSSR count). The van der Waals surface area contributed by atoms with Crippen molar-refractivity contribution in [3.8, 4) is 0 Å². The Morgan fingerprint density at radius 2 is 1.61 bits per heavy atom. The van der Waals surface area contributed by atoms with E-state index in [4.69, 9.17) is 4.74 Å². The monoisotopic (exact) mass is 380 g/mol. The van der Waals surface area contributed by atoms with E-state index in [-0.39, 0.29) is 41.4 Å². The van der Waals surface area contributed by atoms with E-state index in [9.17, 15) is 14.4 Å². The number of carbonyl (C=O) groups excluding carboxylic acids is 3. The predicted molar refractivity (Wildman–Crippen MR) is 101 cm³/mol. The van der Waals surface area contributed by atoms with Crippen molar-refractivity contribution in [3.63, 3.8) is 0 Å². The van der Waals surface area contributed by atoms with Crippen LogP contribution in [0.1, 0.15) is 12.0 Å². The fraction of sp³-hybridized carbons (Fsp3) is 0.500. The number of amides is 3. The Bertz CT molecular complexity index is 800. The van der Waals surface area contributed by atoms with Gasteiger partial charge in [0.15, 0.2) is 0 Å². The molecule has 5 atom stereocenters. The minimum Gasteiger partial charge on any atom is -0.378 e. The molecule has 6 heteroatoms. The first kappa shape index (κ1) is 17.6. The summed E-state index contributed by atoms with van der Waals surface area (Å²) < 4.78 is 5.36. The molecule has 2 bridgehead atoms. The molecule has 2 aliphatic carbocycles. The molecule has 28 heavy (non-hydrogen) atoms. The van der Waals surface area contributed by atoms with Crippen LogP contribution in [-0.2, 0) is 25.5 Å². The topological polar surface area (TPSA) is 66.9 Å². The van der Waals surface area contributed by atoms with Crippen LogP contribution in [0.5, 0.6) is 0 Å². The van der Waals surface area contributed by atoms with Gasteiger partial charge in [0.25, 0.3) is 0 Å². The second-order valence-electron chi connectivity index (χ2n) is 8.19. The average Bonchev–Trinajstić information content (AvgIpc) is 3.41. The summed E-state index contributed by atoms with van der Waals surface area (Å²) in [6.07, 6.45) is 5.41. The van der Waals surface area contributed by atoms with Gasteiger partial charge in [0.05, 0.1) is 25.0 Å². The summed E-state index contributed by atoms with van der Waals surface area (Å²) in [6, 6.07) is 8.86. The number of benzene rings is 1. The Morgan fingerprint density at radius 1 is 1.00 bits per heavy atom. The fourth-order valence-corrected chi connectivity index (χ4v) is 5.35. The van der Waals surface area contributed by atoms with Crippen molar-refractivity contribution in [2.45, 2.75) is 18.9 Å². The van der Waals surface area contributed by atoms with Gasteiger partial charge in [-0.05, 0) is 23.8 Å². The Balaban J connectivity index is 1.46. The standard InChI is InChI=1S/C22H24N2O4/c25-20(23-8-10-28-11-9-23)17(12-14-4-2-1-3-5-14)24-21(26)18-15-6-7-16(13-15)19(18)22(24)27/h1-7,15-19H,8-13H2/t15-,16-,17+,18-,19+/m1/s1. The molecule has 1 aromatic carbocycles. The van der Waals surface area contributed by atoms with E-state index in [1.54, 1.807) is 4.90 Å². The maximum absolute atomic E-state index is 13.4. The molecule has 6 nitrogen and oxygen atoms in total. The number of rotatable bonds is 4. The van der Waals surface area contributed by atoms with E-state index in [2.05, 4.69) is 12.2 Å². The van der Waals surface area contributed by atoms with Gasteiger partial charge in [0, 0.05) is 19.5 Å². The van der Waals surface area contributed by atoms with Gasteiger partial charge in [-0.3, -0.25) is 19.3 Å². The lowest BCUT2D eigenvalue weighted by molar-refractivity contribution is -0.154. The third-order valence-corrected chi connectivity index (χ3v) is 6.70. The van der Waals surface area contributed by atoms with Gasteiger partial charge in [0.2, 0.25) is 17.7 Å². The molecule has 3 amide bonds. The third kappa shape index (κ3) is 2.70. The van der Waals surface area contributed by atoms with Gasteiger partial charge in [-0.15, -0.1) is 0 Å². The van der Waals surface area contributed by atoms with Crippen LogP contribution in [0.25, 0.3) is 0 Å². The summed E-state index contributed by atoms with van der Waals surface area (Å²) in [5.41, 5.74) is 0.952. The SMILES string of the molecule is O=C([C@H](Cc1ccccc1)N1C(=O)[C@@H]2[C@H](C1=O)[C@@H]1C=C[C@@H]2C1)N1CCOCC1. The molecule has 2 saturated heterocycles. The summed E-state index contributed by atoms with van der Waals surface area (Å²) in [4.78, 5) is 43.0. The number of ether oxygens (including phenoxy) is 1. The highest BCUT2D eigenvalue weighted by molar-refractivity contribution is 6.09. The smallest absolute Gasteiger partial charge is 0.246 e. The molecule has 1 aromatic rings. The number of morpholine rings is 1. The largest absolute Gasteiger partial charge is 0.378 e. The molecule has 0 N–H and O–H groups in total. The van der Waals surface area contributed by atoms with Gasteiger partial charge in [-0.25, -0.2) is 0 Å². The zero-order valence-electron chi connectivity index (χ0n) is 15.7. The molecule has 0 spiro atoms. The average molecular weight is 380 g/mol. The Morgan fingerprint density at radius 3 is 2.21 bits per heavy atom. The lowest BCUT2D eigenvalue weighted by atomic mass is 9.85. The summed E-state index contributed by atoms with van der Waals surface area (Å²) in [5.74, 6) is -0.728. The zero-order chi connectivity index (χ0) is 19.3. The lowest BCUT2D eigenvalue weighted by Gasteiger charge is -2.34. The molecule has 2 aliphatic heterocycles. The van der Waals surface area contributed by atoms with Crippen molar-refractivity contribution in [1.29, 1.82) is 0 Å². The molecule has 0 radical (unpaired) electrons. The van der Waals surface area contributed by atoms with E-state index in [0.717, 1.165) is 12.0 Å². The predicted octanol–water partition coefficient (Wildman–Crippen LogP) is 1.26. The highest BCUT2D eigenvalue weighted by atomic mass is 16.5. The van der Waals surface area contributed by atoms with Gasteiger partial charge in [0.1, 0.15) is 6.04 Å². The van der Waals surface area contributed by atoms with Crippen LogP contribution < -0.4 is 0 Å². The van der Waals surface area contributed by atoms with E-state index >= 15 is 0 Å². The highest BCUT2D eigenvalue weighted by Crippen LogP contribution is 2.53. The molecular weight excluding hydrogens is 356 g/mol. The molecule has 2 heterocycles. The number of carbonyl (C=O) groups is 3. The first-order valence-electron chi connectivity index (χ1n) is 10.1. The Labute approximate surface area is 164 Å². The van der Waals surface area contributed by atoms with E-state index in [1.807, 2.05) is 30.3 Å². The van der Waals surface area contributed by atoms with E-state index < -0.39 is 6.04 Å². The molecular formula is C22H24N2O4. The number of fused-ring (bicyclic) bond motifs is 5. The molecule has 146 valence electrons. The van der Waals surface area contributed by atoms with Crippen molar-refractivity contribution < 1.29 is 19.1 Å². The van der Waals surface area contributed by atoms with E-state index in [0.29, 0.717) is 32.7 Å². The van der Waals surface area contributed by atoms with Crippen molar-refractivity contribution >= 4 is 17.7 Å². The van der Waals surface area contributed by atoms with Crippen molar-refractivity contribution in [2.75, 3.05) is 26.3 Å². The van der Waals surface area contributed by atoms with Crippen molar-refractivity contribution in [2.24, 2.45) is 23.7 Å². The second-order valence-corrected chi connectivity index (χ2v) is 8.19. The fourth-order valence-electron chi connectivity index (χ4n) is 5.35. The summed E-state index contributed by atoms with van der Waals surface area (Å²) in [6.45, 7) is 1.98. The first-order chi connectivity index (χ1) is 13.6. The number of allylic oxidation sites excluding steroid dienone is 2. The summed E-state index contributed by atoms with van der Waals surface area (Å²) >= 11 is 0. The number of likely N-dealkylation sites (tertiary alicyclic amines) is 1. The van der Waals surface area contributed by atoms with Crippen LogP contribution in [0.4, 0.5) is 0 Å². The van der Waals surface area contributed by atoms with E-state index in [1.165, 1.54) is 4.90 Å². The Hall–Kier alpha value is -2.47. The van der Waals surface area contributed by atoms with Gasteiger partial charge >= 0.3 is 0 Å². The molecule has 4 aliphatic rings. The normalized spacial score (nSPS) is 32.1. The minimum atomic E-state index is -0.773. The molecule has 1 saturated carbocycles. The molecule has 0 unspecified atom stereocenters. The van der Waals surface area contributed by atoms with Crippen molar-refractivity contribution in [3.05, 3.63) is 48.0 Å². The van der Waals surface area contributed by atoms with Crippen LogP contribution in [0, 0.1) is 23.7 Å². The summed E-state index contributed by atoms with van der Waals surface area (Å²) in [5, 5.41) is 0. The zero-order valence-corrected chi connectivity index (χ0v) is 15.7. The van der Waals surface area contributed by atoms with Gasteiger partial charge in [-0.2, -0.15) is 0 Å². The van der Waals surface area contributed by atoms with Crippen molar-refractivity contribution in [1.82, 2.24) is 9.80 Å². The maximum Gasteiger partial charge on any atom is 0.246 e. The van der Waals surface area contributed by atoms with Crippen LogP contribution in [0.15, 0.2) is 42.5 Å². The third-order valence-electron chi connectivity index (χ3n) is 6.70. The van der Waals surface area contributed by atoms with Crippen LogP contribution in [0.2, 0.25) is 0 Å². The summed E-state index contributed by atoms with van der Waals surface area (Å²) in [7, 11) is 0. The lowest BCUT2D eigenvalue weighted by Crippen LogP contribution is -2.55. The number of hydrogen-bond acceptors (Lipinski definition) is 4. The Kier molecular flexibility index (Phi) is 4.31.